The third-order valence-corrected chi connectivity index (χ3v) is 7.90. The van der Waals surface area contributed by atoms with Gasteiger partial charge in [0.25, 0.3) is 5.91 Å². The van der Waals surface area contributed by atoms with E-state index in [1.165, 1.54) is 11.0 Å². The van der Waals surface area contributed by atoms with E-state index in [0.717, 1.165) is 0 Å². The summed E-state index contributed by atoms with van der Waals surface area (Å²) in [5, 5.41) is 2.64. The lowest BCUT2D eigenvalue weighted by Gasteiger charge is -2.25. The molecule has 2 aromatic carbocycles. The number of halogens is 3. The summed E-state index contributed by atoms with van der Waals surface area (Å²) in [6.07, 6.45) is -1.74. The summed E-state index contributed by atoms with van der Waals surface area (Å²) < 4.78 is 64.2. The van der Waals surface area contributed by atoms with Gasteiger partial charge in [0, 0.05) is 23.6 Å². The highest BCUT2D eigenvalue weighted by Crippen LogP contribution is 2.40. The summed E-state index contributed by atoms with van der Waals surface area (Å²) in [7, 11) is 0. The van der Waals surface area contributed by atoms with Crippen LogP contribution in [0.4, 0.5) is 18.0 Å². The van der Waals surface area contributed by atoms with Crippen molar-refractivity contribution in [2.45, 2.75) is 71.0 Å². The van der Waals surface area contributed by atoms with Crippen molar-refractivity contribution in [3.63, 3.8) is 0 Å². The van der Waals surface area contributed by atoms with E-state index in [4.69, 9.17) is 18.6 Å². The van der Waals surface area contributed by atoms with Gasteiger partial charge in [-0.25, -0.2) is 9.59 Å². The largest absolute Gasteiger partial charge is 0.493 e. The maximum Gasteiger partial charge on any atom is 0.417 e. The molecule has 0 aliphatic carbocycles. The topological polar surface area (TPSA) is 107 Å². The Morgan fingerprint density at radius 1 is 0.977 bits per heavy atom. The highest BCUT2D eigenvalue weighted by Gasteiger charge is 2.49. The van der Waals surface area contributed by atoms with Gasteiger partial charge in [-0.15, -0.1) is 0 Å². The van der Waals surface area contributed by atoms with Crippen molar-refractivity contribution in [2.24, 2.45) is 0 Å². The molecule has 1 saturated heterocycles. The number of amides is 3. The van der Waals surface area contributed by atoms with Crippen LogP contribution in [-0.2, 0) is 29.4 Å². The second-order valence-corrected chi connectivity index (χ2v) is 11.1. The van der Waals surface area contributed by atoms with Crippen molar-refractivity contribution < 1.29 is 41.4 Å². The number of nitrogens with one attached hydrogen (secondary N) is 1. The predicted molar refractivity (Wildman–Crippen MR) is 155 cm³/mol. The van der Waals surface area contributed by atoms with Crippen LogP contribution in [0.15, 0.2) is 39.5 Å². The van der Waals surface area contributed by atoms with E-state index < -0.39 is 28.9 Å². The highest BCUT2D eigenvalue weighted by molar-refractivity contribution is 6.07. The van der Waals surface area contributed by atoms with Crippen LogP contribution in [0.5, 0.6) is 17.2 Å². The van der Waals surface area contributed by atoms with E-state index in [-0.39, 0.29) is 30.0 Å². The Bertz CT molecular complexity index is 1630. The van der Waals surface area contributed by atoms with Crippen LogP contribution in [0.25, 0.3) is 11.0 Å². The number of rotatable bonds is 11. The quantitative estimate of drug-likeness (QED) is 0.157. The Labute approximate surface area is 252 Å². The Morgan fingerprint density at radius 3 is 2.41 bits per heavy atom. The highest BCUT2D eigenvalue weighted by atomic mass is 19.4. The molecule has 0 radical (unpaired) electrons. The Balaban J connectivity index is 1.30. The van der Waals surface area contributed by atoms with Crippen molar-refractivity contribution in [1.82, 2.24) is 10.2 Å². The average Bonchev–Trinajstić information content (AvgIpc) is 3.21. The number of hydrogen-bond acceptors (Lipinski definition) is 7. The van der Waals surface area contributed by atoms with Crippen molar-refractivity contribution >= 4 is 22.9 Å². The Kier molecular flexibility index (Phi) is 8.80. The number of benzene rings is 2. The number of urea groups is 1. The third-order valence-electron chi connectivity index (χ3n) is 7.90. The number of carbonyl (C=O) groups is 2. The summed E-state index contributed by atoms with van der Waals surface area (Å²) in [5.74, 6) is 1.13. The third kappa shape index (κ3) is 5.94. The Morgan fingerprint density at radius 2 is 1.70 bits per heavy atom. The molecule has 2 aliphatic heterocycles. The van der Waals surface area contributed by atoms with Crippen LogP contribution in [0.2, 0.25) is 0 Å². The van der Waals surface area contributed by atoms with E-state index >= 15 is 0 Å². The van der Waals surface area contributed by atoms with Gasteiger partial charge in [-0.2, -0.15) is 13.2 Å². The molecule has 0 saturated carbocycles. The second-order valence-electron chi connectivity index (χ2n) is 11.1. The number of carbonyl (C=O) groups excluding carboxylic acids is 2. The molecule has 1 N–H and O–H groups in total. The van der Waals surface area contributed by atoms with E-state index in [0.29, 0.717) is 91.7 Å². The fraction of sp³-hybridized carbons (Fsp3) is 0.469. The van der Waals surface area contributed by atoms with Gasteiger partial charge in [-0.05, 0) is 61.9 Å². The summed E-state index contributed by atoms with van der Waals surface area (Å²) in [6, 6.07) is 6.54. The minimum absolute atomic E-state index is 0.112. The maximum absolute atomic E-state index is 13.8. The summed E-state index contributed by atoms with van der Waals surface area (Å²) in [5.41, 5.74) is -1.87. The zero-order valence-corrected chi connectivity index (χ0v) is 24.9. The number of nitrogens with zero attached hydrogens (tertiary/aromatic N) is 1. The summed E-state index contributed by atoms with van der Waals surface area (Å²) >= 11 is 0. The molecule has 1 fully saturated rings. The lowest BCUT2D eigenvalue weighted by Crippen LogP contribution is -2.41. The van der Waals surface area contributed by atoms with Crippen LogP contribution in [0.3, 0.4) is 0 Å². The SMILES string of the molecule is CCCc1cc2c(C(F)(F)F)cc(=O)oc2c(CCC)c1OCCCCN1C(=O)NC(C)(c2ccc3c(c2)OCCO3)C1=O. The molecule has 3 amide bonds. The number of hydrogen-bond donors (Lipinski definition) is 1. The first kappa shape index (κ1) is 31.2. The van der Waals surface area contributed by atoms with E-state index in [9.17, 15) is 27.6 Å². The molecular weight excluding hydrogens is 581 g/mol. The summed E-state index contributed by atoms with van der Waals surface area (Å²) in [6.45, 7) is 6.61. The van der Waals surface area contributed by atoms with Gasteiger partial charge in [0.1, 0.15) is 30.1 Å². The zero-order valence-electron chi connectivity index (χ0n) is 24.9. The molecule has 0 spiro atoms. The predicted octanol–water partition coefficient (Wildman–Crippen LogP) is 6.11. The fourth-order valence-corrected chi connectivity index (χ4v) is 5.75. The van der Waals surface area contributed by atoms with E-state index in [1.54, 1.807) is 25.1 Å². The molecule has 5 rings (SSSR count). The molecule has 1 unspecified atom stereocenters. The molecule has 9 nitrogen and oxygen atoms in total. The number of alkyl halides is 3. The average molecular weight is 617 g/mol. The van der Waals surface area contributed by atoms with Gasteiger partial charge in [-0.3, -0.25) is 9.69 Å². The molecule has 1 atom stereocenters. The second kappa shape index (κ2) is 12.4. The van der Waals surface area contributed by atoms with Crippen molar-refractivity contribution in [2.75, 3.05) is 26.4 Å². The first-order valence-corrected chi connectivity index (χ1v) is 14.8. The molecule has 3 heterocycles. The van der Waals surface area contributed by atoms with Gasteiger partial charge in [0.15, 0.2) is 11.5 Å². The molecule has 1 aromatic heterocycles. The smallest absolute Gasteiger partial charge is 0.417 e. The van der Waals surface area contributed by atoms with E-state index in [1.807, 2.05) is 13.8 Å². The molecule has 44 heavy (non-hydrogen) atoms. The van der Waals surface area contributed by atoms with Gasteiger partial charge in [0.2, 0.25) is 0 Å². The maximum atomic E-state index is 13.8. The van der Waals surface area contributed by atoms with Crippen LogP contribution < -0.4 is 25.2 Å². The number of imide groups is 1. The normalized spacial score (nSPS) is 18.2. The van der Waals surface area contributed by atoms with Crippen LogP contribution in [-0.4, -0.2) is 43.2 Å². The number of ether oxygens (including phenoxy) is 3. The summed E-state index contributed by atoms with van der Waals surface area (Å²) in [4.78, 5) is 39.5. The van der Waals surface area contributed by atoms with Gasteiger partial charge in [-0.1, -0.05) is 32.8 Å². The molecule has 0 bridgehead atoms. The van der Waals surface area contributed by atoms with Gasteiger partial charge < -0.3 is 23.9 Å². The first-order chi connectivity index (χ1) is 21.0. The van der Waals surface area contributed by atoms with Crippen LogP contribution in [0.1, 0.15) is 68.7 Å². The van der Waals surface area contributed by atoms with Crippen molar-refractivity contribution in [3.8, 4) is 17.2 Å². The molecule has 12 heteroatoms. The first-order valence-electron chi connectivity index (χ1n) is 14.8. The zero-order chi connectivity index (χ0) is 31.6. The van der Waals surface area contributed by atoms with Crippen LogP contribution >= 0.6 is 0 Å². The van der Waals surface area contributed by atoms with Crippen LogP contribution in [0, 0.1) is 0 Å². The molecule has 2 aliphatic rings. The lowest BCUT2D eigenvalue weighted by atomic mass is 9.91. The minimum Gasteiger partial charge on any atom is -0.493 e. The minimum atomic E-state index is -4.72. The van der Waals surface area contributed by atoms with Gasteiger partial charge in [0.05, 0.1) is 12.2 Å². The standard InChI is InChI=1S/C32H35F3N2O7/c1-4-8-19-16-22-23(32(33,34)35)18-26(38)44-28(22)21(9-5-2)27(19)43-13-7-6-12-37-29(39)31(3,36-30(37)40)20-10-11-24-25(17-20)42-15-14-41-24/h10-11,16-18H,4-9,12-15H2,1-3H3,(H,36,40). The van der Waals surface area contributed by atoms with Gasteiger partial charge >= 0.3 is 17.8 Å². The number of aryl methyl sites for hydroxylation is 2. The lowest BCUT2D eigenvalue weighted by molar-refractivity contribution is -0.136. The van der Waals surface area contributed by atoms with E-state index in [2.05, 4.69) is 5.32 Å². The van der Waals surface area contributed by atoms with Crippen molar-refractivity contribution in [3.05, 3.63) is 63.0 Å². The molecular formula is C32H35F3N2O7. The van der Waals surface area contributed by atoms with Crippen molar-refractivity contribution in [1.29, 1.82) is 0 Å². The molecule has 236 valence electrons. The fourth-order valence-electron chi connectivity index (χ4n) is 5.75. The molecule has 3 aromatic rings. The monoisotopic (exact) mass is 616 g/mol. The number of fused-ring (bicyclic) bond motifs is 2. The number of unbranched alkanes of at least 4 members (excludes halogenated alkanes) is 1. The Hall–Kier alpha value is -4.22.